The molecule has 4 heteroatoms. The van der Waals surface area contributed by atoms with E-state index in [0.29, 0.717) is 13.0 Å². The molecule has 1 atom stereocenters. The maximum Gasteiger partial charge on any atom is 0.221 e. The van der Waals surface area contributed by atoms with Crippen LogP contribution in [0, 0.1) is 0 Å². The minimum atomic E-state index is 0.120. The molecule has 1 amide bonds. The van der Waals surface area contributed by atoms with Gasteiger partial charge in [0.15, 0.2) is 0 Å². The van der Waals surface area contributed by atoms with Gasteiger partial charge in [-0.3, -0.25) is 4.79 Å². The van der Waals surface area contributed by atoms with E-state index in [0.717, 1.165) is 39.0 Å². The first-order chi connectivity index (χ1) is 7.33. The van der Waals surface area contributed by atoms with Gasteiger partial charge in [0.05, 0.1) is 6.10 Å². The molecule has 1 unspecified atom stereocenters. The third-order valence-corrected chi connectivity index (χ3v) is 2.51. The fraction of sp³-hybridized carbons (Fsp3) is 0.909. The Hall–Kier alpha value is -0.610. The second-order valence-corrected chi connectivity index (χ2v) is 3.94. The van der Waals surface area contributed by atoms with E-state index < -0.39 is 0 Å². The lowest BCUT2D eigenvalue weighted by Gasteiger charge is -2.10. The zero-order valence-corrected chi connectivity index (χ0v) is 9.55. The van der Waals surface area contributed by atoms with Crippen LogP contribution in [0.4, 0.5) is 0 Å². The first kappa shape index (κ1) is 12.5. The summed E-state index contributed by atoms with van der Waals surface area (Å²) in [6.07, 6.45) is 4.12. The summed E-state index contributed by atoms with van der Waals surface area (Å²) in [4.78, 5) is 11.4. The van der Waals surface area contributed by atoms with Crippen LogP contribution < -0.4 is 10.6 Å². The van der Waals surface area contributed by atoms with E-state index in [1.807, 2.05) is 0 Å². The van der Waals surface area contributed by atoms with Crippen LogP contribution in [0.15, 0.2) is 0 Å². The zero-order chi connectivity index (χ0) is 10.9. The summed E-state index contributed by atoms with van der Waals surface area (Å²) in [5.74, 6) is 0.120. The van der Waals surface area contributed by atoms with Gasteiger partial charge in [0.25, 0.3) is 0 Å². The number of ether oxygens (including phenoxy) is 1. The second-order valence-electron chi connectivity index (χ2n) is 3.94. The lowest BCUT2D eigenvalue weighted by molar-refractivity contribution is -0.121. The highest BCUT2D eigenvalue weighted by Gasteiger charge is 2.15. The van der Waals surface area contributed by atoms with Crippen molar-refractivity contribution in [3.63, 3.8) is 0 Å². The third-order valence-electron chi connectivity index (χ3n) is 2.51. The van der Waals surface area contributed by atoms with Gasteiger partial charge < -0.3 is 15.4 Å². The molecule has 2 N–H and O–H groups in total. The molecule has 1 aliphatic rings. The Labute approximate surface area is 91.8 Å². The van der Waals surface area contributed by atoms with Crippen LogP contribution in [0.1, 0.15) is 32.6 Å². The summed E-state index contributed by atoms with van der Waals surface area (Å²) >= 11 is 0. The molecular weight excluding hydrogens is 192 g/mol. The molecule has 0 aromatic heterocycles. The van der Waals surface area contributed by atoms with Crippen molar-refractivity contribution >= 4 is 5.91 Å². The van der Waals surface area contributed by atoms with Gasteiger partial charge in [0.1, 0.15) is 0 Å². The smallest absolute Gasteiger partial charge is 0.221 e. The highest BCUT2D eigenvalue weighted by atomic mass is 16.5. The van der Waals surface area contributed by atoms with E-state index in [1.165, 1.54) is 0 Å². The van der Waals surface area contributed by atoms with Crippen LogP contribution in [0.5, 0.6) is 0 Å². The summed E-state index contributed by atoms with van der Waals surface area (Å²) in [6, 6.07) is 0. The zero-order valence-electron chi connectivity index (χ0n) is 9.55. The fourth-order valence-electron chi connectivity index (χ4n) is 1.63. The fourth-order valence-corrected chi connectivity index (χ4v) is 1.63. The summed E-state index contributed by atoms with van der Waals surface area (Å²) in [7, 11) is 0. The van der Waals surface area contributed by atoms with Crippen molar-refractivity contribution in [1.82, 2.24) is 10.6 Å². The van der Waals surface area contributed by atoms with Gasteiger partial charge in [0, 0.05) is 26.1 Å². The van der Waals surface area contributed by atoms with Gasteiger partial charge in [-0.1, -0.05) is 6.92 Å². The predicted molar refractivity (Wildman–Crippen MR) is 59.8 cm³/mol. The first-order valence-corrected chi connectivity index (χ1v) is 5.92. The molecule has 1 aliphatic heterocycles. The number of rotatable bonds is 7. The van der Waals surface area contributed by atoms with E-state index in [2.05, 4.69) is 17.6 Å². The van der Waals surface area contributed by atoms with Crippen LogP contribution in [0.3, 0.4) is 0 Å². The number of nitrogens with one attached hydrogen (secondary N) is 2. The molecule has 0 aromatic carbocycles. The van der Waals surface area contributed by atoms with Crippen molar-refractivity contribution in [3.05, 3.63) is 0 Å². The molecule has 0 aliphatic carbocycles. The highest BCUT2D eigenvalue weighted by Crippen LogP contribution is 2.10. The lowest BCUT2D eigenvalue weighted by Crippen LogP contribution is -2.33. The Morgan fingerprint density at radius 1 is 1.47 bits per heavy atom. The van der Waals surface area contributed by atoms with Gasteiger partial charge in [-0.05, 0) is 25.8 Å². The summed E-state index contributed by atoms with van der Waals surface area (Å²) in [5.41, 5.74) is 0. The van der Waals surface area contributed by atoms with Gasteiger partial charge in [-0.25, -0.2) is 0 Å². The lowest BCUT2D eigenvalue weighted by atomic mass is 10.2. The number of carbonyl (C=O) groups is 1. The molecule has 4 nitrogen and oxygen atoms in total. The molecule has 1 heterocycles. The van der Waals surface area contributed by atoms with E-state index in [1.54, 1.807) is 0 Å². The monoisotopic (exact) mass is 214 g/mol. The van der Waals surface area contributed by atoms with E-state index in [-0.39, 0.29) is 12.0 Å². The largest absolute Gasteiger partial charge is 0.376 e. The van der Waals surface area contributed by atoms with Crippen LogP contribution in [-0.4, -0.2) is 38.3 Å². The normalized spacial score (nSPS) is 20.5. The SMILES string of the molecule is CCCNCCC(=O)NCC1CCCO1. The van der Waals surface area contributed by atoms with Gasteiger partial charge in [0.2, 0.25) is 5.91 Å². The van der Waals surface area contributed by atoms with Crippen LogP contribution in [0.2, 0.25) is 0 Å². The van der Waals surface area contributed by atoms with E-state index in [9.17, 15) is 4.79 Å². The number of hydrogen-bond acceptors (Lipinski definition) is 3. The summed E-state index contributed by atoms with van der Waals surface area (Å²) in [6.45, 7) is 5.39. The molecule has 0 saturated carbocycles. The standard InChI is InChI=1S/C11H22N2O2/c1-2-6-12-7-5-11(14)13-9-10-4-3-8-15-10/h10,12H,2-9H2,1H3,(H,13,14). The Morgan fingerprint density at radius 3 is 3.00 bits per heavy atom. The van der Waals surface area contributed by atoms with Crippen molar-refractivity contribution in [1.29, 1.82) is 0 Å². The minimum Gasteiger partial charge on any atom is -0.376 e. The molecule has 1 saturated heterocycles. The maximum atomic E-state index is 11.4. The quantitative estimate of drug-likeness (QED) is 0.612. The number of carbonyl (C=O) groups excluding carboxylic acids is 1. The van der Waals surface area contributed by atoms with Gasteiger partial charge >= 0.3 is 0 Å². The highest BCUT2D eigenvalue weighted by molar-refractivity contribution is 5.76. The summed E-state index contributed by atoms with van der Waals surface area (Å²) in [5, 5.41) is 6.10. The van der Waals surface area contributed by atoms with Crippen LogP contribution in [-0.2, 0) is 9.53 Å². The minimum absolute atomic E-state index is 0.120. The molecule has 88 valence electrons. The molecule has 0 aromatic rings. The molecular formula is C11H22N2O2. The van der Waals surface area contributed by atoms with Crippen molar-refractivity contribution in [2.24, 2.45) is 0 Å². The van der Waals surface area contributed by atoms with Crippen molar-refractivity contribution in [2.45, 2.75) is 38.7 Å². The predicted octanol–water partition coefficient (Wildman–Crippen LogP) is 0.671. The Bertz CT molecular complexity index is 179. The van der Waals surface area contributed by atoms with Crippen molar-refractivity contribution in [2.75, 3.05) is 26.2 Å². The maximum absolute atomic E-state index is 11.4. The average molecular weight is 214 g/mol. The second kappa shape index (κ2) is 7.65. The molecule has 15 heavy (non-hydrogen) atoms. The van der Waals surface area contributed by atoms with Crippen LogP contribution >= 0.6 is 0 Å². The molecule has 1 fully saturated rings. The topological polar surface area (TPSA) is 50.4 Å². The first-order valence-electron chi connectivity index (χ1n) is 5.92. The Morgan fingerprint density at radius 2 is 2.33 bits per heavy atom. The molecule has 0 spiro atoms. The summed E-state index contributed by atoms with van der Waals surface area (Å²) < 4.78 is 5.42. The molecule has 0 radical (unpaired) electrons. The third kappa shape index (κ3) is 5.74. The van der Waals surface area contributed by atoms with Crippen LogP contribution in [0.25, 0.3) is 0 Å². The number of hydrogen-bond donors (Lipinski definition) is 2. The van der Waals surface area contributed by atoms with Gasteiger partial charge in [-0.15, -0.1) is 0 Å². The van der Waals surface area contributed by atoms with Crippen molar-refractivity contribution < 1.29 is 9.53 Å². The molecule has 1 rings (SSSR count). The van der Waals surface area contributed by atoms with E-state index in [4.69, 9.17) is 4.74 Å². The number of amides is 1. The van der Waals surface area contributed by atoms with E-state index >= 15 is 0 Å². The Kier molecular flexibility index (Phi) is 6.36. The average Bonchev–Trinajstić information content (AvgIpc) is 2.74. The van der Waals surface area contributed by atoms with Gasteiger partial charge in [-0.2, -0.15) is 0 Å². The molecule has 0 bridgehead atoms. The van der Waals surface area contributed by atoms with Crippen molar-refractivity contribution in [3.8, 4) is 0 Å². The Balaban J connectivity index is 1.93.